The van der Waals surface area contributed by atoms with Crippen molar-refractivity contribution in [3.05, 3.63) is 59.4 Å². The molecule has 10 heteroatoms. The first-order valence-corrected chi connectivity index (χ1v) is 12.1. The molecular weight excluding hydrogens is 462 g/mol. The molecule has 166 valence electrons. The van der Waals surface area contributed by atoms with Gasteiger partial charge in [0, 0.05) is 42.6 Å². The molecule has 0 spiro atoms. The van der Waals surface area contributed by atoms with Gasteiger partial charge in [-0.05, 0) is 73.9 Å². The van der Waals surface area contributed by atoms with E-state index in [1.807, 2.05) is 30.3 Å². The lowest BCUT2D eigenvalue weighted by atomic mass is 10.0. The Balaban J connectivity index is 1.51. The largest absolute Gasteiger partial charge is 0.358 e. The summed E-state index contributed by atoms with van der Waals surface area (Å²) >= 11 is 12.8. The monoisotopic (exact) mass is 485 g/mol. The van der Waals surface area contributed by atoms with Gasteiger partial charge < -0.3 is 15.5 Å². The van der Waals surface area contributed by atoms with Crippen molar-refractivity contribution in [2.45, 2.75) is 49.0 Å². The first kappa shape index (κ1) is 22.7. The van der Waals surface area contributed by atoms with E-state index >= 15 is 0 Å². The molecule has 1 aliphatic heterocycles. The number of halogens is 1. The molecular formula is C22H24ClN7S2. The van der Waals surface area contributed by atoms with Gasteiger partial charge in [-0.3, -0.25) is 0 Å². The first-order chi connectivity index (χ1) is 15.6. The van der Waals surface area contributed by atoms with Gasteiger partial charge in [0.25, 0.3) is 0 Å². The zero-order valence-electron chi connectivity index (χ0n) is 17.7. The van der Waals surface area contributed by atoms with Gasteiger partial charge in [0.1, 0.15) is 10.8 Å². The van der Waals surface area contributed by atoms with Gasteiger partial charge in [-0.1, -0.05) is 23.7 Å². The van der Waals surface area contributed by atoms with E-state index in [0.717, 1.165) is 35.8 Å². The third kappa shape index (κ3) is 6.27. The SMILES string of the molecule is CC1CCCCN1c1cc(Sc2ncccn2)nc(NC(=S)NCc2ccc(Cl)cc2)n1. The second-order valence-corrected chi connectivity index (χ2v) is 9.33. The summed E-state index contributed by atoms with van der Waals surface area (Å²) in [5.41, 5.74) is 1.08. The number of hydrogen-bond donors (Lipinski definition) is 2. The van der Waals surface area contributed by atoms with Gasteiger partial charge in [0.15, 0.2) is 10.3 Å². The van der Waals surface area contributed by atoms with Crippen LogP contribution >= 0.6 is 35.6 Å². The number of nitrogens with one attached hydrogen (secondary N) is 2. The van der Waals surface area contributed by atoms with Crippen LogP contribution in [0.1, 0.15) is 31.7 Å². The topological polar surface area (TPSA) is 78.9 Å². The van der Waals surface area contributed by atoms with Crippen LogP contribution in [0.15, 0.2) is 59.0 Å². The highest BCUT2D eigenvalue weighted by Crippen LogP contribution is 2.29. The van der Waals surface area contributed by atoms with Crippen molar-refractivity contribution < 1.29 is 0 Å². The predicted molar refractivity (Wildman–Crippen MR) is 133 cm³/mol. The molecule has 4 rings (SSSR count). The van der Waals surface area contributed by atoms with Gasteiger partial charge in [0.05, 0.1) is 0 Å². The summed E-state index contributed by atoms with van der Waals surface area (Å²) in [5.74, 6) is 1.33. The number of nitrogens with zero attached hydrogens (tertiary/aromatic N) is 5. The van der Waals surface area contributed by atoms with E-state index in [-0.39, 0.29) is 0 Å². The predicted octanol–water partition coefficient (Wildman–Crippen LogP) is 4.94. The van der Waals surface area contributed by atoms with Gasteiger partial charge in [0.2, 0.25) is 5.95 Å². The van der Waals surface area contributed by atoms with Crippen molar-refractivity contribution in [2.75, 3.05) is 16.8 Å². The molecule has 0 bridgehead atoms. The summed E-state index contributed by atoms with van der Waals surface area (Å²) in [6.07, 6.45) is 6.99. The second-order valence-electron chi connectivity index (χ2n) is 7.49. The molecule has 2 N–H and O–H groups in total. The molecule has 3 heterocycles. The first-order valence-electron chi connectivity index (χ1n) is 10.5. The molecule has 1 aromatic carbocycles. The average Bonchev–Trinajstić information content (AvgIpc) is 2.79. The zero-order valence-corrected chi connectivity index (χ0v) is 20.1. The highest BCUT2D eigenvalue weighted by Gasteiger charge is 2.21. The summed E-state index contributed by atoms with van der Waals surface area (Å²) in [7, 11) is 0. The average molecular weight is 486 g/mol. The van der Waals surface area contributed by atoms with Gasteiger partial charge in [-0.25, -0.2) is 15.0 Å². The lowest BCUT2D eigenvalue weighted by molar-refractivity contribution is 0.480. The number of anilines is 2. The van der Waals surface area contributed by atoms with Gasteiger partial charge >= 0.3 is 0 Å². The summed E-state index contributed by atoms with van der Waals surface area (Å²) in [4.78, 5) is 20.3. The molecule has 1 aliphatic rings. The van der Waals surface area contributed by atoms with Crippen molar-refractivity contribution in [2.24, 2.45) is 0 Å². The lowest BCUT2D eigenvalue weighted by Crippen LogP contribution is -2.38. The Hall–Kier alpha value is -2.49. The Bertz CT molecular complexity index is 1050. The maximum atomic E-state index is 5.95. The number of aromatic nitrogens is 4. The normalized spacial score (nSPS) is 15.9. The Kier molecular flexibility index (Phi) is 7.72. The van der Waals surface area contributed by atoms with Crippen molar-refractivity contribution in [3.8, 4) is 0 Å². The molecule has 3 aromatic rings. The molecule has 1 fully saturated rings. The molecule has 1 unspecified atom stereocenters. The van der Waals surface area contributed by atoms with E-state index in [1.54, 1.807) is 18.5 Å². The molecule has 1 atom stereocenters. The highest BCUT2D eigenvalue weighted by atomic mass is 35.5. The molecule has 7 nitrogen and oxygen atoms in total. The van der Waals surface area contributed by atoms with Crippen molar-refractivity contribution in [1.82, 2.24) is 25.3 Å². The minimum Gasteiger partial charge on any atom is -0.358 e. The Labute approximate surface area is 202 Å². The van der Waals surface area contributed by atoms with Gasteiger partial charge in [-0.2, -0.15) is 4.98 Å². The molecule has 0 radical (unpaired) electrons. The van der Waals surface area contributed by atoms with Crippen LogP contribution < -0.4 is 15.5 Å². The van der Waals surface area contributed by atoms with E-state index in [2.05, 4.69) is 37.4 Å². The van der Waals surface area contributed by atoms with E-state index in [0.29, 0.717) is 33.8 Å². The quantitative estimate of drug-likeness (QED) is 0.287. The number of hydrogen-bond acceptors (Lipinski definition) is 7. The summed E-state index contributed by atoms with van der Waals surface area (Å²) < 4.78 is 0. The van der Waals surface area contributed by atoms with Crippen molar-refractivity contribution >= 4 is 52.5 Å². The van der Waals surface area contributed by atoms with Crippen LogP contribution in [-0.2, 0) is 6.54 Å². The van der Waals surface area contributed by atoms with E-state index in [9.17, 15) is 0 Å². The summed E-state index contributed by atoms with van der Waals surface area (Å²) in [6.45, 7) is 3.79. The number of rotatable bonds is 6. The fraction of sp³-hybridized carbons (Fsp3) is 0.318. The molecule has 2 aromatic heterocycles. The molecule has 32 heavy (non-hydrogen) atoms. The molecule has 0 aliphatic carbocycles. The maximum absolute atomic E-state index is 5.95. The van der Waals surface area contributed by atoms with Crippen LogP contribution in [-0.4, -0.2) is 37.6 Å². The number of piperidine rings is 1. The fourth-order valence-corrected chi connectivity index (χ4v) is 4.47. The molecule has 0 amide bonds. The second kappa shape index (κ2) is 10.9. The van der Waals surface area contributed by atoms with Crippen LogP contribution in [0, 0.1) is 0 Å². The Morgan fingerprint density at radius 2 is 1.97 bits per heavy atom. The Morgan fingerprint density at radius 1 is 1.19 bits per heavy atom. The zero-order chi connectivity index (χ0) is 22.3. The minimum absolute atomic E-state index is 0.423. The summed E-state index contributed by atoms with van der Waals surface area (Å²) in [6, 6.07) is 11.9. The summed E-state index contributed by atoms with van der Waals surface area (Å²) in [5, 5.41) is 8.90. The van der Waals surface area contributed by atoms with Crippen LogP contribution in [0.25, 0.3) is 0 Å². The smallest absolute Gasteiger partial charge is 0.232 e. The van der Waals surface area contributed by atoms with Crippen molar-refractivity contribution in [3.63, 3.8) is 0 Å². The Morgan fingerprint density at radius 3 is 2.72 bits per heavy atom. The highest BCUT2D eigenvalue weighted by molar-refractivity contribution is 7.99. The third-order valence-corrected chi connectivity index (χ3v) is 6.43. The van der Waals surface area contributed by atoms with Crippen LogP contribution in [0.3, 0.4) is 0 Å². The van der Waals surface area contributed by atoms with Crippen LogP contribution in [0.5, 0.6) is 0 Å². The van der Waals surface area contributed by atoms with Crippen LogP contribution in [0.2, 0.25) is 5.02 Å². The standard InChI is InChI=1S/C22H24ClN7S2/c1-15-5-2-3-12-30(15)18-13-19(32-22-24-10-4-11-25-22)28-20(27-18)29-21(31)26-14-16-6-8-17(23)9-7-16/h4,6-11,13,15H,2-3,5,12,14H2,1H3,(H2,26,27,28,29,31). The molecule has 0 saturated carbocycles. The van der Waals surface area contributed by atoms with E-state index < -0.39 is 0 Å². The number of thiocarbonyl (C=S) groups is 1. The molecule has 1 saturated heterocycles. The lowest BCUT2D eigenvalue weighted by Gasteiger charge is -2.34. The van der Waals surface area contributed by atoms with E-state index in [4.69, 9.17) is 28.8 Å². The number of benzene rings is 1. The minimum atomic E-state index is 0.423. The van der Waals surface area contributed by atoms with Crippen LogP contribution in [0.4, 0.5) is 11.8 Å². The fourth-order valence-electron chi connectivity index (χ4n) is 3.47. The van der Waals surface area contributed by atoms with E-state index in [1.165, 1.54) is 18.2 Å². The van der Waals surface area contributed by atoms with Crippen molar-refractivity contribution in [1.29, 1.82) is 0 Å². The third-order valence-electron chi connectivity index (χ3n) is 5.12. The maximum Gasteiger partial charge on any atom is 0.232 e. The van der Waals surface area contributed by atoms with Gasteiger partial charge in [-0.15, -0.1) is 0 Å².